The normalized spacial score (nSPS) is 15.5. The molecule has 0 N–H and O–H groups in total. The third kappa shape index (κ3) is 4.78. The average molecular weight is 511 g/mol. The Hall–Kier alpha value is -3.30. The fraction of sp³-hybridized carbons (Fsp3) is 0.269. The van der Waals surface area contributed by atoms with E-state index < -0.39 is 12.0 Å². The van der Waals surface area contributed by atoms with E-state index in [1.807, 2.05) is 42.7 Å². The second kappa shape index (κ2) is 10.5. The molecule has 7 nitrogen and oxygen atoms in total. The molecular weight excluding hydrogens is 484 g/mol. The van der Waals surface area contributed by atoms with Crippen molar-refractivity contribution in [1.82, 2.24) is 4.57 Å². The Morgan fingerprint density at radius 3 is 2.49 bits per heavy atom. The number of hydrogen-bond acceptors (Lipinski definition) is 8. The number of carbonyl (C=O) groups excluding carboxylic acids is 1. The summed E-state index contributed by atoms with van der Waals surface area (Å²) in [5.41, 5.74) is 2.22. The van der Waals surface area contributed by atoms with Crippen molar-refractivity contribution in [3.63, 3.8) is 0 Å². The molecule has 0 unspecified atom stereocenters. The molecule has 1 aromatic heterocycles. The zero-order valence-corrected chi connectivity index (χ0v) is 21.8. The van der Waals surface area contributed by atoms with Crippen LogP contribution in [0.5, 0.6) is 11.5 Å². The minimum atomic E-state index is -0.717. The summed E-state index contributed by atoms with van der Waals surface area (Å²) in [6.07, 6.45) is 3.87. The smallest absolute Gasteiger partial charge is 0.338 e. The van der Waals surface area contributed by atoms with Crippen LogP contribution in [0, 0.1) is 0 Å². The first-order valence-corrected chi connectivity index (χ1v) is 13.0. The number of methoxy groups -OCH3 is 2. The lowest BCUT2D eigenvalue weighted by Crippen LogP contribution is -2.39. The second-order valence-corrected chi connectivity index (χ2v) is 9.58. The number of fused-ring (bicyclic) bond motifs is 1. The van der Waals surface area contributed by atoms with Crippen molar-refractivity contribution < 1.29 is 19.0 Å². The third-order valence-corrected chi connectivity index (χ3v) is 7.38. The summed E-state index contributed by atoms with van der Waals surface area (Å²) < 4.78 is 18.3. The van der Waals surface area contributed by atoms with Gasteiger partial charge in [-0.3, -0.25) is 9.36 Å². The Kier molecular flexibility index (Phi) is 7.47. The molecule has 2 aromatic carbocycles. The van der Waals surface area contributed by atoms with Crippen LogP contribution in [-0.4, -0.2) is 37.6 Å². The van der Waals surface area contributed by atoms with E-state index in [0.29, 0.717) is 37.7 Å². The number of benzene rings is 2. The van der Waals surface area contributed by atoms with Gasteiger partial charge in [-0.1, -0.05) is 29.5 Å². The van der Waals surface area contributed by atoms with Crippen LogP contribution >= 0.6 is 23.1 Å². The lowest BCUT2D eigenvalue weighted by molar-refractivity contribution is -0.139. The number of thiazole rings is 1. The molecule has 0 radical (unpaired) electrons. The Morgan fingerprint density at radius 2 is 1.86 bits per heavy atom. The predicted molar refractivity (Wildman–Crippen MR) is 138 cm³/mol. The molecule has 0 fully saturated rings. The van der Waals surface area contributed by atoms with Gasteiger partial charge in [0.2, 0.25) is 0 Å². The molecular formula is C26H26N2O5S2. The minimum Gasteiger partial charge on any atom is -0.493 e. The van der Waals surface area contributed by atoms with Gasteiger partial charge in [0.05, 0.1) is 42.7 Å². The first-order chi connectivity index (χ1) is 16.9. The van der Waals surface area contributed by atoms with Gasteiger partial charge in [-0.15, -0.1) is 11.8 Å². The van der Waals surface area contributed by atoms with Gasteiger partial charge >= 0.3 is 5.97 Å². The zero-order chi connectivity index (χ0) is 25.1. The molecule has 1 atom stereocenters. The first-order valence-electron chi connectivity index (χ1n) is 11.0. The van der Waals surface area contributed by atoms with E-state index in [1.54, 1.807) is 56.5 Å². The van der Waals surface area contributed by atoms with Crippen LogP contribution < -0.4 is 24.4 Å². The molecule has 182 valence electrons. The van der Waals surface area contributed by atoms with Gasteiger partial charge in [-0.2, -0.15) is 0 Å². The molecule has 0 saturated heterocycles. The monoisotopic (exact) mass is 510 g/mol. The van der Waals surface area contributed by atoms with E-state index in [4.69, 9.17) is 14.2 Å². The molecule has 1 aliphatic heterocycles. The largest absolute Gasteiger partial charge is 0.493 e. The van der Waals surface area contributed by atoms with Gasteiger partial charge in [0.15, 0.2) is 16.3 Å². The molecule has 0 saturated carbocycles. The topological polar surface area (TPSA) is 79.1 Å². The van der Waals surface area contributed by atoms with Crippen LogP contribution in [0.4, 0.5) is 0 Å². The highest BCUT2D eigenvalue weighted by atomic mass is 32.2. The zero-order valence-electron chi connectivity index (χ0n) is 20.2. The van der Waals surface area contributed by atoms with Crippen molar-refractivity contribution >= 4 is 35.1 Å². The van der Waals surface area contributed by atoms with E-state index in [1.165, 1.54) is 11.3 Å². The first kappa shape index (κ1) is 24.8. The maximum absolute atomic E-state index is 13.7. The highest BCUT2D eigenvalue weighted by Crippen LogP contribution is 2.36. The van der Waals surface area contributed by atoms with E-state index in [9.17, 15) is 9.59 Å². The predicted octanol–water partition coefficient (Wildman–Crippen LogP) is 3.54. The quantitative estimate of drug-likeness (QED) is 0.357. The lowest BCUT2D eigenvalue weighted by atomic mass is 9.95. The van der Waals surface area contributed by atoms with Crippen LogP contribution in [0.2, 0.25) is 0 Å². The van der Waals surface area contributed by atoms with Crippen molar-refractivity contribution in [2.45, 2.75) is 24.8 Å². The fourth-order valence-electron chi connectivity index (χ4n) is 3.98. The van der Waals surface area contributed by atoms with Crippen LogP contribution in [0.3, 0.4) is 0 Å². The Balaban J connectivity index is 1.94. The molecule has 0 bridgehead atoms. The summed E-state index contributed by atoms with van der Waals surface area (Å²) in [6.45, 7) is 3.72. The number of aromatic nitrogens is 1. The van der Waals surface area contributed by atoms with Crippen LogP contribution in [0.15, 0.2) is 68.4 Å². The highest BCUT2D eigenvalue weighted by Gasteiger charge is 2.33. The standard InChI is InChI=1S/C26H26N2O5S2/c1-6-33-25(30)22-15(2)27-26-28(23(22)17-9-12-19(31-3)20(14-17)32-4)24(29)21(35-26)13-16-7-10-18(34-5)11-8-16/h7-14,23H,6H2,1-5H3/b21-13-/t23-/m1/s1. The minimum absolute atomic E-state index is 0.213. The van der Waals surface area contributed by atoms with Gasteiger partial charge in [-0.25, -0.2) is 9.79 Å². The fourth-order valence-corrected chi connectivity index (χ4v) is 5.44. The number of rotatable bonds is 7. The van der Waals surface area contributed by atoms with Gasteiger partial charge in [0, 0.05) is 4.90 Å². The Morgan fingerprint density at radius 1 is 1.14 bits per heavy atom. The summed E-state index contributed by atoms with van der Waals surface area (Å²) >= 11 is 2.95. The molecule has 0 spiro atoms. The molecule has 0 aliphatic carbocycles. The summed E-state index contributed by atoms with van der Waals surface area (Å²) in [5.74, 6) is 0.546. The SMILES string of the molecule is CCOC(=O)C1=C(C)N=c2s/c(=C\c3ccc(SC)cc3)c(=O)n2[C@@H]1c1ccc(OC)c(OC)c1. The summed E-state index contributed by atoms with van der Waals surface area (Å²) in [7, 11) is 3.10. The van der Waals surface area contributed by atoms with Gasteiger partial charge in [-0.05, 0) is 61.6 Å². The van der Waals surface area contributed by atoms with E-state index in [2.05, 4.69) is 4.99 Å². The number of allylic oxidation sites excluding steroid dienone is 1. The van der Waals surface area contributed by atoms with Crippen LogP contribution in [-0.2, 0) is 9.53 Å². The molecule has 3 aromatic rings. The van der Waals surface area contributed by atoms with Crippen molar-refractivity contribution in [3.05, 3.63) is 84.5 Å². The van der Waals surface area contributed by atoms with E-state index in [0.717, 1.165) is 10.5 Å². The number of ether oxygens (including phenoxy) is 3. The molecule has 2 heterocycles. The van der Waals surface area contributed by atoms with E-state index >= 15 is 0 Å². The Labute approximate surface area is 211 Å². The Bertz CT molecular complexity index is 1470. The number of carbonyl (C=O) groups is 1. The van der Waals surface area contributed by atoms with Crippen molar-refractivity contribution in [3.8, 4) is 11.5 Å². The molecule has 35 heavy (non-hydrogen) atoms. The lowest BCUT2D eigenvalue weighted by Gasteiger charge is -2.25. The highest BCUT2D eigenvalue weighted by molar-refractivity contribution is 7.98. The molecule has 0 amide bonds. The third-order valence-electron chi connectivity index (χ3n) is 5.65. The second-order valence-electron chi connectivity index (χ2n) is 7.69. The van der Waals surface area contributed by atoms with Crippen molar-refractivity contribution in [2.75, 3.05) is 27.1 Å². The molecule has 1 aliphatic rings. The van der Waals surface area contributed by atoms with Crippen LogP contribution in [0.1, 0.15) is 31.0 Å². The number of hydrogen-bond donors (Lipinski definition) is 0. The molecule has 9 heteroatoms. The maximum Gasteiger partial charge on any atom is 0.338 e. The number of nitrogens with zero attached hydrogens (tertiary/aromatic N) is 2. The summed E-state index contributed by atoms with van der Waals surface area (Å²) in [6, 6.07) is 12.6. The molecule has 4 rings (SSSR count). The average Bonchev–Trinajstić information content (AvgIpc) is 3.17. The van der Waals surface area contributed by atoms with Crippen LogP contribution in [0.25, 0.3) is 6.08 Å². The summed E-state index contributed by atoms with van der Waals surface area (Å²) in [4.78, 5) is 33.0. The van der Waals surface area contributed by atoms with Crippen molar-refractivity contribution in [1.29, 1.82) is 0 Å². The van der Waals surface area contributed by atoms with Gasteiger partial charge in [0.25, 0.3) is 5.56 Å². The van der Waals surface area contributed by atoms with E-state index in [-0.39, 0.29) is 12.2 Å². The maximum atomic E-state index is 13.7. The summed E-state index contributed by atoms with van der Waals surface area (Å²) in [5, 5.41) is 0. The van der Waals surface area contributed by atoms with Gasteiger partial charge in [0.1, 0.15) is 0 Å². The van der Waals surface area contributed by atoms with Gasteiger partial charge < -0.3 is 14.2 Å². The number of thioether (sulfide) groups is 1. The number of esters is 1. The van der Waals surface area contributed by atoms with Crippen molar-refractivity contribution in [2.24, 2.45) is 4.99 Å².